The van der Waals surface area contributed by atoms with Crippen LogP contribution >= 0.6 is 0 Å². The van der Waals surface area contributed by atoms with Crippen molar-refractivity contribution >= 4 is 9.76 Å². The summed E-state index contributed by atoms with van der Waals surface area (Å²) in [5, 5.41) is 0. The van der Waals surface area contributed by atoms with Gasteiger partial charge in [-0.05, 0) is 6.04 Å². The molecule has 0 atom stereocenters. The van der Waals surface area contributed by atoms with E-state index < -0.39 is 15.7 Å². The Balaban J connectivity index is 3.34. The molecule has 0 saturated carbocycles. The van der Waals surface area contributed by atoms with Gasteiger partial charge in [-0.2, -0.15) is 0 Å². The fourth-order valence-corrected chi connectivity index (χ4v) is 2.47. The summed E-state index contributed by atoms with van der Waals surface area (Å²) >= 11 is 0. The molecule has 0 N–H and O–H groups in total. The van der Waals surface area contributed by atoms with Crippen molar-refractivity contribution in [1.29, 1.82) is 0 Å². The van der Waals surface area contributed by atoms with Crippen LogP contribution in [0.2, 0.25) is 6.04 Å². The van der Waals surface area contributed by atoms with Crippen LogP contribution in [0.15, 0.2) is 0 Å². The summed E-state index contributed by atoms with van der Waals surface area (Å²) in [7, 11) is 2.72. The average molecular weight is 220 g/mol. The van der Waals surface area contributed by atoms with Crippen LogP contribution in [0.3, 0.4) is 0 Å². The Hall–Kier alpha value is 0.0969. The third-order valence-electron chi connectivity index (χ3n) is 2.35. The van der Waals surface area contributed by atoms with Crippen molar-refractivity contribution in [2.75, 3.05) is 14.2 Å². The number of hydrogen-bond donors (Lipinski definition) is 0. The maximum atomic E-state index is 5.60. The topological polar surface area (TPSA) is 27.7 Å². The fraction of sp³-hybridized carbons (Fsp3) is 1.00. The maximum Gasteiger partial charge on any atom is 0.269 e. The molecule has 0 aliphatic rings. The Morgan fingerprint density at radius 1 is 1.07 bits per heavy atom. The molecular weight excluding hydrogens is 196 g/mol. The highest BCUT2D eigenvalue weighted by atomic mass is 28.2. The van der Waals surface area contributed by atoms with Crippen LogP contribution in [0.4, 0.5) is 0 Å². The molecule has 0 aliphatic carbocycles. The first-order valence-corrected chi connectivity index (χ1v) is 7.00. The van der Waals surface area contributed by atoms with Crippen LogP contribution in [-0.2, 0) is 13.9 Å². The Morgan fingerprint density at radius 2 is 1.71 bits per heavy atom. The summed E-state index contributed by atoms with van der Waals surface area (Å²) in [6.45, 7) is 4.03. The van der Waals surface area contributed by atoms with Crippen LogP contribution < -0.4 is 0 Å². The monoisotopic (exact) mass is 220 g/mol. The predicted octanol–water partition coefficient (Wildman–Crippen LogP) is 2.05. The number of unbranched alkanes of at least 4 members (excludes halogenated alkanes) is 3. The lowest BCUT2D eigenvalue weighted by Gasteiger charge is -2.26. The Bertz CT molecular complexity index is 127. The molecule has 0 spiro atoms. The van der Waals surface area contributed by atoms with E-state index in [0.717, 1.165) is 0 Å². The highest BCUT2D eigenvalue weighted by molar-refractivity contribution is 6.27. The molecule has 0 bridgehead atoms. The van der Waals surface area contributed by atoms with Crippen LogP contribution in [0.25, 0.3) is 0 Å². The number of ether oxygens (including phenoxy) is 2. The SMILES string of the molecule is CCCCCC[SiH2]OC(C)(OC)OC. The first kappa shape index (κ1) is 14.1. The zero-order valence-corrected chi connectivity index (χ0v) is 11.4. The van der Waals surface area contributed by atoms with Gasteiger partial charge >= 0.3 is 0 Å². The second-order valence-electron chi connectivity index (χ2n) is 3.53. The molecule has 0 aliphatic heterocycles. The summed E-state index contributed by atoms with van der Waals surface area (Å²) in [6.07, 6.45) is 5.23. The van der Waals surface area contributed by atoms with Crippen LogP contribution in [0.1, 0.15) is 39.5 Å². The molecular formula is C10H24O3Si. The zero-order chi connectivity index (χ0) is 10.9. The lowest BCUT2D eigenvalue weighted by Crippen LogP contribution is -2.34. The summed E-state index contributed by atoms with van der Waals surface area (Å²) in [6, 6.07) is 1.21. The molecule has 0 heterocycles. The minimum absolute atomic E-state index is 0.493. The highest BCUT2D eigenvalue weighted by Crippen LogP contribution is 2.12. The molecule has 0 fully saturated rings. The lowest BCUT2D eigenvalue weighted by atomic mass is 10.2. The van der Waals surface area contributed by atoms with E-state index in [1.54, 1.807) is 14.2 Å². The van der Waals surface area contributed by atoms with Gasteiger partial charge in [-0.25, -0.2) is 0 Å². The normalized spacial score (nSPS) is 12.9. The van der Waals surface area contributed by atoms with Crippen LogP contribution in [0, 0.1) is 0 Å². The molecule has 14 heavy (non-hydrogen) atoms. The quantitative estimate of drug-likeness (QED) is 0.338. The van der Waals surface area contributed by atoms with E-state index >= 15 is 0 Å². The Labute approximate surface area is 90.1 Å². The molecule has 86 valence electrons. The minimum atomic E-state index is -0.809. The molecule has 0 radical (unpaired) electrons. The molecule has 0 aromatic carbocycles. The van der Waals surface area contributed by atoms with Crippen molar-refractivity contribution in [2.24, 2.45) is 0 Å². The largest absolute Gasteiger partial charge is 0.376 e. The van der Waals surface area contributed by atoms with Gasteiger partial charge in [-0.1, -0.05) is 32.6 Å². The van der Waals surface area contributed by atoms with Crippen molar-refractivity contribution in [1.82, 2.24) is 0 Å². The van der Waals surface area contributed by atoms with E-state index in [1.165, 1.54) is 31.7 Å². The maximum absolute atomic E-state index is 5.60. The summed E-state index contributed by atoms with van der Waals surface area (Å²) in [4.78, 5) is 0. The van der Waals surface area contributed by atoms with E-state index in [0.29, 0.717) is 0 Å². The van der Waals surface area contributed by atoms with E-state index in [4.69, 9.17) is 13.9 Å². The second kappa shape index (κ2) is 8.41. The highest BCUT2D eigenvalue weighted by Gasteiger charge is 2.22. The molecule has 0 amide bonds. The lowest BCUT2D eigenvalue weighted by molar-refractivity contribution is -0.310. The molecule has 0 aromatic heterocycles. The Morgan fingerprint density at radius 3 is 2.21 bits per heavy atom. The third kappa shape index (κ3) is 6.54. The van der Waals surface area contributed by atoms with Crippen molar-refractivity contribution in [2.45, 2.75) is 51.5 Å². The van der Waals surface area contributed by atoms with Crippen molar-refractivity contribution in [3.63, 3.8) is 0 Å². The van der Waals surface area contributed by atoms with Gasteiger partial charge in [-0.15, -0.1) is 0 Å². The number of hydrogen-bond acceptors (Lipinski definition) is 3. The Kier molecular flexibility index (Phi) is 8.47. The third-order valence-corrected chi connectivity index (χ3v) is 3.87. The second-order valence-corrected chi connectivity index (χ2v) is 4.94. The number of rotatable bonds is 9. The van der Waals surface area contributed by atoms with Crippen molar-refractivity contribution in [3.05, 3.63) is 0 Å². The first-order valence-electron chi connectivity index (χ1n) is 5.42. The smallest absolute Gasteiger partial charge is 0.269 e. The summed E-state index contributed by atoms with van der Waals surface area (Å²) < 4.78 is 15.8. The predicted molar refractivity (Wildman–Crippen MR) is 61.0 cm³/mol. The average Bonchev–Trinajstić information content (AvgIpc) is 2.23. The summed E-state index contributed by atoms with van der Waals surface area (Å²) in [5.41, 5.74) is 0. The fourth-order valence-electron chi connectivity index (χ4n) is 1.16. The molecule has 0 aromatic rings. The van der Waals surface area contributed by atoms with Gasteiger partial charge in [0.1, 0.15) is 0 Å². The van der Waals surface area contributed by atoms with Gasteiger partial charge < -0.3 is 13.9 Å². The molecule has 0 saturated heterocycles. The van der Waals surface area contributed by atoms with Gasteiger partial charge in [0, 0.05) is 21.1 Å². The molecule has 0 unspecified atom stereocenters. The zero-order valence-electron chi connectivity index (χ0n) is 9.97. The van der Waals surface area contributed by atoms with E-state index in [9.17, 15) is 0 Å². The van der Waals surface area contributed by atoms with Gasteiger partial charge in [0.15, 0.2) is 9.76 Å². The van der Waals surface area contributed by atoms with Crippen molar-refractivity contribution in [3.8, 4) is 0 Å². The minimum Gasteiger partial charge on any atom is -0.376 e. The number of methoxy groups -OCH3 is 2. The first-order chi connectivity index (χ1) is 6.68. The van der Waals surface area contributed by atoms with Crippen LogP contribution in [0.5, 0.6) is 0 Å². The van der Waals surface area contributed by atoms with Gasteiger partial charge in [0.2, 0.25) is 0 Å². The van der Waals surface area contributed by atoms with Gasteiger partial charge in [-0.3, -0.25) is 0 Å². The molecule has 4 heteroatoms. The summed E-state index contributed by atoms with van der Waals surface area (Å²) in [5.74, 6) is -0.809. The molecule has 0 rings (SSSR count). The van der Waals surface area contributed by atoms with Crippen molar-refractivity contribution < 1.29 is 13.9 Å². The van der Waals surface area contributed by atoms with E-state index in [1.807, 2.05) is 6.92 Å². The standard InChI is InChI=1S/C10H24O3Si/c1-5-6-7-8-9-14-13-10(2,11-3)12-4/h5-9,14H2,1-4H3. The van der Waals surface area contributed by atoms with Gasteiger partial charge in [0.05, 0.1) is 0 Å². The van der Waals surface area contributed by atoms with E-state index in [2.05, 4.69) is 6.92 Å². The van der Waals surface area contributed by atoms with Gasteiger partial charge in [0.25, 0.3) is 5.97 Å². The van der Waals surface area contributed by atoms with Crippen LogP contribution in [-0.4, -0.2) is 30.0 Å². The molecule has 3 nitrogen and oxygen atoms in total. The van der Waals surface area contributed by atoms with E-state index in [-0.39, 0.29) is 0 Å².